The van der Waals surface area contributed by atoms with Crippen molar-refractivity contribution in [2.24, 2.45) is 17.1 Å². The Morgan fingerprint density at radius 2 is 1.75 bits per heavy atom. The minimum atomic E-state index is -0.287. The van der Waals surface area contributed by atoms with Crippen molar-refractivity contribution in [1.29, 1.82) is 0 Å². The zero-order valence-corrected chi connectivity index (χ0v) is 8.85. The molecule has 0 amide bonds. The maximum Gasteiger partial charge on any atom is 0.152 e. The van der Waals surface area contributed by atoms with E-state index in [1.54, 1.807) is 0 Å². The van der Waals surface area contributed by atoms with Crippen molar-refractivity contribution in [1.82, 2.24) is 0 Å². The van der Waals surface area contributed by atoms with Crippen LogP contribution in [-0.4, -0.2) is 11.8 Å². The number of hydrogen-bond donors (Lipinski definition) is 1. The highest BCUT2D eigenvalue weighted by atomic mass is 16.1. The molecule has 0 fully saturated rings. The molecule has 12 heavy (non-hydrogen) atoms. The number of hydrogen-bond acceptors (Lipinski definition) is 2. The monoisotopic (exact) mass is 171 g/mol. The highest BCUT2D eigenvalue weighted by molar-refractivity contribution is 5.85. The Hall–Kier alpha value is -0.370. The molecule has 0 unspecified atom stereocenters. The van der Waals surface area contributed by atoms with Gasteiger partial charge in [-0.3, -0.25) is 4.79 Å². The van der Waals surface area contributed by atoms with Crippen molar-refractivity contribution in [3.8, 4) is 0 Å². The number of carbonyl (C=O) groups excluding carboxylic acids is 1. The molecule has 2 nitrogen and oxygen atoms in total. The van der Waals surface area contributed by atoms with Crippen LogP contribution >= 0.6 is 0 Å². The van der Waals surface area contributed by atoms with Crippen LogP contribution in [0, 0.1) is 11.3 Å². The van der Waals surface area contributed by atoms with Gasteiger partial charge in [0, 0.05) is 5.92 Å². The Balaban J connectivity index is 4.05. The molecule has 0 saturated carbocycles. The van der Waals surface area contributed by atoms with Crippen molar-refractivity contribution in [2.45, 2.75) is 47.1 Å². The Labute approximate surface area is 75.5 Å². The highest BCUT2D eigenvalue weighted by Crippen LogP contribution is 2.21. The lowest BCUT2D eigenvalue weighted by molar-refractivity contribution is -0.123. The van der Waals surface area contributed by atoms with Gasteiger partial charge in [0.05, 0.1) is 6.04 Å². The summed E-state index contributed by atoms with van der Waals surface area (Å²) in [7, 11) is 0. The zero-order valence-electron chi connectivity index (χ0n) is 8.85. The maximum atomic E-state index is 11.4. The van der Waals surface area contributed by atoms with Crippen molar-refractivity contribution in [3.05, 3.63) is 0 Å². The van der Waals surface area contributed by atoms with E-state index >= 15 is 0 Å². The lowest BCUT2D eigenvalue weighted by atomic mass is 9.85. The third-order valence-corrected chi connectivity index (χ3v) is 1.77. The molecule has 2 heteroatoms. The van der Waals surface area contributed by atoms with Gasteiger partial charge in [0.2, 0.25) is 0 Å². The van der Waals surface area contributed by atoms with E-state index < -0.39 is 0 Å². The molecule has 1 atom stereocenters. The fourth-order valence-corrected chi connectivity index (χ4v) is 1.19. The molecular formula is C10H21NO. The Morgan fingerprint density at radius 3 is 2.00 bits per heavy atom. The second kappa shape index (κ2) is 4.04. The van der Waals surface area contributed by atoms with E-state index in [-0.39, 0.29) is 23.2 Å². The standard InChI is InChI=1S/C10H21NO/c1-7(2)9(12)8(11)6-10(3,4)5/h7-8H,6,11H2,1-5H3/t8-/m0/s1. The van der Waals surface area contributed by atoms with Gasteiger partial charge in [0.1, 0.15) is 0 Å². The summed E-state index contributed by atoms with van der Waals surface area (Å²) in [6.07, 6.45) is 0.768. The second-order valence-electron chi connectivity index (χ2n) is 4.93. The van der Waals surface area contributed by atoms with Crippen molar-refractivity contribution in [3.63, 3.8) is 0 Å². The average molecular weight is 171 g/mol. The molecule has 0 heterocycles. The van der Waals surface area contributed by atoms with E-state index in [1.165, 1.54) is 0 Å². The number of rotatable bonds is 3. The zero-order chi connectivity index (χ0) is 9.94. The van der Waals surface area contributed by atoms with Crippen LogP contribution in [0.3, 0.4) is 0 Å². The summed E-state index contributed by atoms with van der Waals surface area (Å²) in [6, 6.07) is -0.287. The van der Waals surface area contributed by atoms with Crippen LogP contribution < -0.4 is 5.73 Å². The van der Waals surface area contributed by atoms with Crippen LogP contribution in [0.4, 0.5) is 0 Å². The van der Waals surface area contributed by atoms with E-state index in [0.717, 1.165) is 6.42 Å². The predicted molar refractivity (Wildman–Crippen MR) is 51.9 cm³/mol. The molecule has 2 N–H and O–H groups in total. The Morgan fingerprint density at radius 1 is 1.33 bits per heavy atom. The summed E-state index contributed by atoms with van der Waals surface area (Å²) >= 11 is 0. The van der Waals surface area contributed by atoms with Crippen LogP contribution in [-0.2, 0) is 4.79 Å². The smallest absolute Gasteiger partial charge is 0.152 e. The summed E-state index contributed by atoms with van der Waals surface area (Å²) in [5, 5.41) is 0. The molecule has 0 rings (SSSR count). The molecule has 0 spiro atoms. The average Bonchev–Trinajstić information content (AvgIpc) is 1.82. The molecule has 0 aliphatic carbocycles. The van der Waals surface area contributed by atoms with Gasteiger partial charge in [-0.25, -0.2) is 0 Å². The van der Waals surface area contributed by atoms with E-state index in [0.29, 0.717) is 0 Å². The molecule has 0 aromatic heterocycles. The molecule has 72 valence electrons. The minimum absolute atomic E-state index is 0.0577. The molecule has 0 radical (unpaired) electrons. The van der Waals surface area contributed by atoms with Crippen LogP contribution in [0.15, 0.2) is 0 Å². The lowest BCUT2D eigenvalue weighted by Crippen LogP contribution is -2.37. The second-order valence-corrected chi connectivity index (χ2v) is 4.93. The van der Waals surface area contributed by atoms with E-state index in [9.17, 15) is 4.79 Å². The molecule has 0 aliphatic heterocycles. The first kappa shape index (κ1) is 11.6. The van der Waals surface area contributed by atoms with Crippen molar-refractivity contribution in [2.75, 3.05) is 0 Å². The molecule has 0 bridgehead atoms. The van der Waals surface area contributed by atoms with Gasteiger partial charge in [-0.2, -0.15) is 0 Å². The van der Waals surface area contributed by atoms with Gasteiger partial charge < -0.3 is 5.73 Å². The van der Waals surface area contributed by atoms with Gasteiger partial charge in [-0.05, 0) is 11.8 Å². The SMILES string of the molecule is CC(C)C(=O)[C@@H](N)CC(C)(C)C. The van der Waals surface area contributed by atoms with Gasteiger partial charge >= 0.3 is 0 Å². The highest BCUT2D eigenvalue weighted by Gasteiger charge is 2.22. The molecule has 0 saturated heterocycles. The Bertz CT molecular complexity index is 156. The van der Waals surface area contributed by atoms with E-state index in [1.807, 2.05) is 13.8 Å². The van der Waals surface area contributed by atoms with Crippen molar-refractivity contribution < 1.29 is 4.79 Å². The van der Waals surface area contributed by atoms with Gasteiger partial charge in [0.15, 0.2) is 5.78 Å². The first-order valence-corrected chi connectivity index (χ1v) is 4.53. The number of Topliss-reactive ketones (excluding diaryl/α,β-unsaturated/α-hetero) is 1. The van der Waals surface area contributed by atoms with E-state index in [2.05, 4.69) is 20.8 Å². The quantitative estimate of drug-likeness (QED) is 0.705. The molecule has 0 aromatic carbocycles. The predicted octanol–water partition coefficient (Wildman–Crippen LogP) is 1.97. The fourth-order valence-electron chi connectivity index (χ4n) is 1.19. The molecule has 0 aromatic rings. The van der Waals surface area contributed by atoms with Gasteiger partial charge in [0.25, 0.3) is 0 Å². The number of ketones is 1. The third-order valence-electron chi connectivity index (χ3n) is 1.77. The van der Waals surface area contributed by atoms with Gasteiger partial charge in [-0.15, -0.1) is 0 Å². The van der Waals surface area contributed by atoms with Gasteiger partial charge in [-0.1, -0.05) is 34.6 Å². The summed E-state index contributed by atoms with van der Waals surface area (Å²) < 4.78 is 0. The summed E-state index contributed by atoms with van der Waals surface area (Å²) in [5.74, 6) is 0.229. The minimum Gasteiger partial charge on any atom is -0.321 e. The van der Waals surface area contributed by atoms with Crippen molar-refractivity contribution >= 4 is 5.78 Å². The normalized spacial score (nSPS) is 14.9. The third kappa shape index (κ3) is 4.50. The first-order valence-electron chi connectivity index (χ1n) is 4.53. The number of carbonyl (C=O) groups is 1. The van der Waals surface area contributed by atoms with Crippen LogP contribution in [0.1, 0.15) is 41.0 Å². The number of nitrogens with two attached hydrogens (primary N) is 1. The van der Waals surface area contributed by atoms with Crippen LogP contribution in [0.5, 0.6) is 0 Å². The van der Waals surface area contributed by atoms with Crippen LogP contribution in [0.2, 0.25) is 0 Å². The summed E-state index contributed by atoms with van der Waals surface area (Å²) in [6.45, 7) is 10.1. The first-order chi connectivity index (χ1) is 5.24. The summed E-state index contributed by atoms with van der Waals surface area (Å²) in [4.78, 5) is 11.4. The fraction of sp³-hybridized carbons (Fsp3) is 0.900. The maximum absolute atomic E-state index is 11.4. The largest absolute Gasteiger partial charge is 0.321 e. The topological polar surface area (TPSA) is 43.1 Å². The Kier molecular flexibility index (Phi) is 3.91. The molecule has 0 aliphatic rings. The van der Waals surface area contributed by atoms with E-state index in [4.69, 9.17) is 5.73 Å². The lowest BCUT2D eigenvalue weighted by Gasteiger charge is -2.23. The molecular weight excluding hydrogens is 150 g/mol. The van der Waals surface area contributed by atoms with Crippen LogP contribution in [0.25, 0.3) is 0 Å². The summed E-state index contributed by atoms with van der Waals surface area (Å²) in [5.41, 5.74) is 5.90.